The summed E-state index contributed by atoms with van der Waals surface area (Å²) in [6, 6.07) is 0.382. The molecule has 1 rings (SSSR count). The van der Waals surface area contributed by atoms with E-state index < -0.39 is 0 Å². The summed E-state index contributed by atoms with van der Waals surface area (Å²) in [5, 5.41) is 0. The van der Waals surface area contributed by atoms with Crippen molar-refractivity contribution in [2.24, 2.45) is 11.7 Å². The van der Waals surface area contributed by atoms with Gasteiger partial charge in [0.15, 0.2) is 0 Å². The van der Waals surface area contributed by atoms with Gasteiger partial charge in [0.1, 0.15) is 0 Å². The second-order valence-corrected chi connectivity index (χ2v) is 3.45. The minimum atomic E-state index is 0.382. The molecule has 0 spiro atoms. The zero-order chi connectivity index (χ0) is 7.56. The Morgan fingerprint density at radius 2 is 2.00 bits per heavy atom. The van der Waals surface area contributed by atoms with Crippen molar-refractivity contribution in [2.45, 2.75) is 38.6 Å². The van der Waals surface area contributed by atoms with Gasteiger partial charge in [-0.1, -0.05) is 12.2 Å². The lowest BCUT2D eigenvalue weighted by molar-refractivity contribution is 0.356. The molecule has 1 saturated carbocycles. The molecular formula is C9H17N. The van der Waals surface area contributed by atoms with Crippen LogP contribution in [-0.4, -0.2) is 6.04 Å². The Kier molecular flexibility index (Phi) is 2.50. The van der Waals surface area contributed by atoms with E-state index in [1.54, 1.807) is 0 Å². The molecule has 0 saturated heterocycles. The molecule has 2 N–H and O–H groups in total. The van der Waals surface area contributed by atoms with Gasteiger partial charge in [0.25, 0.3) is 0 Å². The van der Waals surface area contributed by atoms with E-state index in [1.165, 1.54) is 31.3 Å². The molecule has 1 aliphatic carbocycles. The van der Waals surface area contributed by atoms with E-state index in [1.807, 2.05) is 0 Å². The Labute approximate surface area is 63.3 Å². The van der Waals surface area contributed by atoms with Crippen LogP contribution in [0.5, 0.6) is 0 Å². The number of hydrogen-bond acceptors (Lipinski definition) is 1. The molecule has 0 aliphatic heterocycles. The normalized spacial score (nSPS) is 24.8. The lowest BCUT2D eigenvalue weighted by Gasteiger charge is -2.25. The molecule has 10 heavy (non-hydrogen) atoms. The van der Waals surface area contributed by atoms with Crippen molar-refractivity contribution in [1.82, 2.24) is 0 Å². The highest BCUT2D eigenvalue weighted by molar-refractivity contribution is 4.99. The van der Waals surface area contributed by atoms with E-state index in [2.05, 4.69) is 13.5 Å². The average Bonchev–Trinajstić information content (AvgIpc) is 1.88. The van der Waals surface area contributed by atoms with Crippen LogP contribution in [0.25, 0.3) is 0 Å². The Morgan fingerprint density at radius 1 is 1.50 bits per heavy atom. The van der Waals surface area contributed by atoms with Crippen molar-refractivity contribution in [3.8, 4) is 0 Å². The number of nitrogens with two attached hydrogens (primary N) is 1. The highest BCUT2D eigenvalue weighted by Gasteiger charge is 2.18. The highest BCUT2D eigenvalue weighted by atomic mass is 14.6. The average molecular weight is 139 g/mol. The van der Waals surface area contributed by atoms with E-state index in [9.17, 15) is 0 Å². The summed E-state index contributed by atoms with van der Waals surface area (Å²) in [6.45, 7) is 6.08. The third kappa shape index (κ3) is 1.84. The molecule has 0 aromatic rings. The van der Waals surface area contributed by atoms with Crippen molar-refractivity contribution in [3.05, 3.63) is 12.2 Å². The number of hydrogen-bond donors (Lipinski definition) is 1. The maximum absolute atomic E-state index is 5.78. The third-order valence-electron chi connectivity index (χ3n) is 2.48. The molecule has 0 aromatic carbocycles. The van der Waals surface area contributed by atoms with Gasteiger partial charge in [-0.25, -0.2) is 0 Å². The van der Waals surface area contributed by atoms with Gasteiger partial charge in [-0.05, 0) is 38.5 Å². The van der Waals surface area contributed by atoms with Gasteiger partial charge in [0.2, 0.25) is 0 Å². The minimum Gasteiger partial charge on any atom is -0.328 e. The van der Waals surface area contributed by atoms with Crippen molar-refractivity contribution < 1.29 is 0 Å². The molecule has 0 aromatic heterocycles. The number of allylic oxidation sites excluding steroid dienone is 1. The van der Waals surface area contributed by atoms with Crippen LogP contribution in [0.1, 0.15) is 32.6 Å². The van der Waals surface area contributed by atoms with Crippen molar-refractivity contribution in [3.63, 3.8) is 0 Å². The van der Waals surface area contributed by atoms with Gasteiger partial charge in [0.05, 0.1) is 0 Å². The fourth-order valence-corrected chi connectivity index (χ4v) is 1.57. The molecule has 1 fully saturated rings. The Morgan fingerprint density at radius 3 is 2.40 bits per heavy atom. The van der Waals surface area contributed by atoms with Gasteiger partial charge < -0.3 is 5.73 Å². The SMILES string of the molecule is C=C1CCC(C(C)N)CC1. The van der Waals surface area contributed by atoms with Crippen molar-refractivity contribution in [1.29, 1.82) is 0 Å². The predicted molar refractivity (Wildman–Crippen MR) is 44.7 cm³/mol. The summed E-state index contributed by atoms with van der Waals surface area (Å²) >= 11 is 0. The van der Waals surface area contributed by atoms with Crippen LogP contribution in [0.4, 0.5) is 0 Å². The van der Waals surface area contributed by atoms with E-state index in [-0.39, 0.29) is 0 Å². The summed E-state index contributed by atoms with van der Waals surface area (Å²) < 4.78 is 0. The molecule has 1 atom stereocenters. The fourth-order valence-electron chi connectivity index (χ4n) is 1.57. The first-order valence-corrected chi connectivity index (χ1v) is 4.12. The molecular weight excluding hydrogens is 122 g/mol. The first-order valence-electron chi connectivity index (χ1n) is 4.12. The smallest absolute Gasteiger partial charge is 0.00389 e. The molecule has 1 heteroatoms. The van der Waals surface area contributed by atoms with E-state index in [4.69, 9.17) is 5.73 Å². The lowest BCUT2D eigenvalue weighted by Crippen LogP contribution is -2.28. The summed E-state index contributed by atoms with van der Waals surface area (Å²) in [6.07, 6.45) is 4.92. The third-order valence-corrected chi connectivity index (χ3v) is 2.48. The van der Waals surface area contributed by atoms with Gasteiger partial charge in [-0.15, -0.1) is 0 Å². The lowest BCUT2D eigenvalue weighted by atomic mass is 9.83. The van der Waals surface area contributed by atoms with Crippen LogP contribution in [0, 0.1) is 5.92 Å². The largest absolute Gasteiger partial charge is 0.328 e. The maximum atomic E-state index is 5.78. The monoisotopic (exact) mass is 139 g/mol. The van der Waals surface area contributed by atoms with Crippen LogP contribution in [0.3, 0.4) is 0 Å². The molecule has 0 bridgehead atoms. The first kappa shape index (κ1) is 7.80. The summed E-state index contributed by atoms with van der Waals surface area (Å²) in [4.78, 5) is 0. The second kappa shape index (κ2) is 3.20. The first-order chi connectivity index (χ1) is 4.70. The van der Waals surface area contributed by atoms with E-state index in [0.29, 0.717) is 6.04 Å². The molecule has 58 valence electrons. The van der Waals surface area contributed by atoms with Gasteiger partial charge in [-0.3, -0.25) is 0 Å². The summed E-state index contributed by atoms with van der Waals surface area (Å²) in [7, 11) is 0. The van der Waals surface area contributed by atoms with Crippen LogP contribution in [-0.2, 0) is 0 Å². The van der Waals surface area contributed by atoms with Gasteiger partial charge >= 0.3 is 0 Å². The molecule has 1 nitrogen and oxygen atoms in total. The Bertz CT molecular complexity index is 117. The van der Waals surface area contributed by atoms with Crippen LogP contribution in [0.2, 0.25) is 0 Å². The number of rotatable bonds is 1. The molecule has 0 radical (unpaired) electrons. The van der Waals surface area contributed by atoms with Crippen LogP contribution < -0.4 is 5.73 Å². The summed E-state index contributed by atoms with van der Waals surface area (Å²) in [5.41, 5.74) is 7.20. The van der Waals surface area contributed by atoms with Gasteiger partial charge in [0, 0.05) is 6.04 Å². The fraction of sp³-hybridized carbons (Fsp3) is 0.778. The Balaban J connectivity index is 2.33. The summed E-state index contributed by atoms with van der Waals surface area (Å²) in [5.74, 6) is 0.755. The zero-order valence-electron chi connectivity index (χ0n) is 6.77. The van der Waals surface area contributed by atoms with Crippen LogP contribution in [0.15, 0.2) is 12.2 Å². The van der Waals surface area contributed by atoms with Crippen molar-refractivity contribution >= 4 is 0 Å². The second-order valence-electron chi connectivity index (χ2n) is 3.45. The van der Waals surface area contributed by atoms with Crippen LogP contribution >= 0.6 is 0 Å². The standard InChI is InChI=1S/C9H17N/c1-7-3-5-9(6-4-7)8(2)10/h8-9H,1,3-6,10H2,2H3. The Hall–Kier alpha value is -0.300. The molecule has 1 aliphatic rings. The highest BCUT2D eigenvalue weighted by Crippen LogP contribution is 2.28. The van der Waals surface area contributed by atoms with Gasteiger partial charge in [-0.2, -0.15) is 0 Å². The molecule has 1 unspecified atom stereocenters. The van der Waals surface area contributed by atoms with E-state index >= 15 is 0 Å². The minimum absolute atomic E-state index is 0.382. The van der Waals surface area contributed by atoms with Crippen molar-refractivity contribution in [2.75, 3.05) is 0 Å². The predicted octanol–water partition coefficient (Wildman–Crippen LogP) is 2.08. The zero-order valence-corrected chi connectivity index (χ0v) is 6.77. The maximum Gasteiger partial charge on any atom is 0.00389 e. The topological polar surface area (TPSA) is 26.0 Å². The quantitative estimate of drug-likeness (QED) is 0.553. The molecule has 0 heterocycles. The van der Waals surface area contributed by atoms with E-state index in [0.717, 1.165) is 5.92 Å². The molecule has 0 amide bonds.